The van der Waals surface area contributed by atoms with Gasteiger partial charge in [0.1, 0.15) is 5.75 Å². The van der Waals surface area contributed by atoms with Crippen LogP contribution in [0, 0.1) is 0 Å². The number of anilines is 2. The Kier molecular flexibility index (Phi) is 3.19. The molecule has 3 N–H and O–H groups in total. The average Bonchev–Trinajstić information content (AvgIpc) is 2.34. The largest absolute Gasteiger partial charge is 0.479 e. The summed E-state index contributed by atoms with van der Waals surface area (Å²) in [5.74, 6) is 0.700. The number of carbonyl (C=O) groups is 1. The number of fused-ring (bicyclic) bond motifs is 1. The van der Waals surface area contributed by atoms with Gasteiger partial charge in [-0.3, -0.25) is 4.79 Å². The summed E-state index contributed by atoms with van der Waals surface area (Å²) in [7, 11) is 1.76. The van der Waals surface area contributed by atoms with Crippen molar-refractivity contribution in [2.45, 2.75) is 13.0 Å². The van der Waals surface area contributed by atoms with Crippen LogP contribution in [-0.4, -0.2) is 32.1 Å². The molecule has 5 heteroatoms. The summed E-state index contributed by atoms with van der Waals surface area (Å²) in [6, 6.07) is 5.69. The predicted molar refractivity (Wildman–Crippen MR) is 67.5 cm³/mol. The van der Waals surface area contributed by atoms with Gasteiger partial charge in [0.25, 0.3) is 5.91 Å². The fourth-order valence-electron chi connectivity index (χ4n) is 1.84. The number of carbonyl (C=O) groups excluding carboxylic acids is 1. The number of amides is 1. The highest BCUT2D eigenvalue weighted by atomic mass is 16.5. The van der Waals surface area contributed by atoms with Gasteiger partial charge in [-0.2, -0.15) is 0 Å². The van der Waals surface area contributed by atoms with Crippen LogP contribution in [0.1, 0.15) is 6.92 Å². The number of rotatable bonds is 3. The van der Waals surface area contributed by atoms with Crippen LogP contribution in [0.4, 0.5) is 11.4 Å². The van der Waals surface area contributed by atoms with Gasteiger partial charge in [-0.15, -0.1) is 0 Å². The third kappa shape index (κ3) is 2.19. The van der Waals surface area contributed by atoms with Gasteiger partial charge in [0.05, 0.1) is 5.69 Å². The van der Waals surface area contributed by atoms with Crippen molar-refractivity contribution < 1.29 is 9.53 Å². The van der Waals surface area contributed by atoms with E-state index in [1.165, 1.54) is 0 Å². The summed E-state index contributed by atoms with van der Waals surface area (Å²) in [6.07, 6.45) is -0.421. The Morgan fingerprint density at radius 1 is 1.53 bits per heavy atom. The molecule has 1 aliphatic heterocycles. The molecule has 1 aromatic rings. The highest BCUT2D eigenvalue weighted by Crippen LogP contribution is 2.35. The molecular formula is C12H17N3O2. The standard InChI is InChI=1S/C12H17N3O2/c1-8-12(16)15(2)10-7-9(14-6-5-13)3-4-11(10)17-8/h3-4,7-8,14H,5-6,13H2,1-2H3. The molecule has 0 fully saturated rings. The number of ether oxygens (including phenoxy) is 1. The Morgan fingerprint density at radius 3 is 3.00 bits per heavy atom. The summed E-state index contributed by atoms with van der Waals surface area (Å²) < 4.78 is 5.53. The molecular weight excluding hydrogens is 218 g/mol. The Hall–Kier alpha value is -1.75. The van der Waals surface area contributed by atoms with E-state index >= 15 is 0 Å². The summed E-state index contributed by atoms with van der Waals surface area (Å²) in [4.78, 5) is 13.4. The van der Waals surface area contributed by atoms with Gasteiger partial charge in [-0.25, -0.2) is 0 Å². The van der Waals surface area contributed by atoms with Gasteiger partial charge in [-0.1, -0.05) is 0 Å². The maximum atomic E-state index is 11.8. The maximum absolute atomic E-state index is 11.8. The van der Waals surface area contributed by atoms with Crippen LogP contribution in [-0.2, 0) is 4.79 Å². The highest BCUT2D eigenvalue weighted by molar-refractivity contribution is 5.99. The minimum absolute atomic E-state index is 0.0338. The Balaban J connectivity index is 2.28. The van der Waals surface area contributed by atoms with E-state index in [9.17, 15) is 4.79 Å². The van der Waals surface area contributed by atoms with Crippen molar-refractivity contribution in [2.24, 2.45) is 5.73 Å². The fourth-order valence-corrected chi connectivity index (χ4v) is 1.84. The molecule has 5 nitrogen and oxygen atoms in total. The number of nitrogens with zero attached hydrogens (tertiary/aromatic N) is 1. The van der Waals surface area contributed by atoms with Crippen molar-refractivity contribution >= 4 is 17.3 Å². The zero-order chi connectivity index (χ0) is 12.4. The summed E-state index contributed by atoms with van der Waals surface area (Å²) in [6.45, 7) is 3.02. The van der Waals surface area contributed by atoms with Crippen LogP contribution in [0.5, 0.6) is 5.75 Å². The minimum Gasteiger partial charge on any atom is -0.479 e. The highest BCUT2D eigenvalue weighted by Gasteiger charge is 2.28. The molecule has 0 radical (unpaired) electrons. The Labute approximate surface area is 101 Å². The lowest BCUT2D eigenvalue weighted by Gasteiger charge is -2.30. The van der Waals surface area contributed by atoms with Crippen LogP contribution in [0.3, 0.4) is 0 Å². The monoisotopic (exact) mass is 235 g/mol. The van der Waals surface area contributed by atoms with Gasteiger partial charge in [0, 0.05) is 25.8 Å². The van der Waals surface area contributed by atoms with E-state index < -0.39 is 6.10 Å². The molecule has 0 saturated heterocycles. The third-order valence-corrected chi connectivity index (χ3v) is 2.78. The molecule has 0 aromatic heterocycles. The lowest BCUT2D eigenvalue weighted by atomic mass is 10.2. The van der Waals surface area contributed by atoms with Crippen molar-refractivity contribution in [3.8, 4) is 5.75 Å². The number of hydrogen-bond donors (Lipinski definition) is 2. The van der Waals surface area contributed by atoms with Gasteiger partial charge in [-0.05, 0) is 25.1 Å². The van der Waals surface area contributed by atoms with Crippen LogP contribution in [0.15, 0.2) is 18.2 Å². The zero-order valence-electron chi connectivity index (χ0n) is 10.1. The van der Waals surface area contributed by atoms with Crippen LogP contribution >= 0.6 is 0 Å². The molecule has 1 aliphatic rings. The Morgan fingerprint density at radius 2 is 2.29 bits per heavy atom. The molecule has 1 amide bonds. The third-order valence-electron chi connectivity index (χ3n) is 2.78. The van der Waals surface area contributed by atoms with E-state index in [-0.39, 0.29) is 5.91 Å². The molecule has 1 heterocycles. The normalized spacial score (nSPS) is 18.6. The summed E-state index contributed by atoms with van der Waals surface area (Å²) >= 11 is 0. The molecule has 1 unspecified atom stereocenters. The second-order valence-electron chi connectivity index (χ2n) is 4.06. The first-order valence-electron chi connectivity index (χ1n) is 5.65. The van der Waals surface area contributed by atoms with Gasteiger partial charge >= 0.3 is 0 Å². The van der Waals surface area contributed by atoms with Crippen LogP contribution in [0.25, 0.3) is 0 Å². The number of hydrogen-bond acceptors (Lipinski definition) is 4. The Bertz CT molecular complexity index is 434. The maximum Gasteiger partial charge on any atom is 0.267 e. The molecule has 0 spiro atoms. The second-order valence-corrected chi connectivity index (χ2v) is 4.06. The number of likely N-dealkylation sites (N-methyl/N-ethyl adjacent to an activating group) is 1. The predicted octanol–water partition coefficient (Wildman–Crippen LogP) is 0.801. The molecule has 2 rings (SSSR count). The molecule has 17 heavy (non-hydrogen) atoms. The SMILES string of the molecule is CC1Oc2ccc(NCCN)cc2N(C)C1=O. The first-order chi connectivity index (χ1) is 8.13. The van der Waals surface area contributed by atoms with E-state index in [0.717, 1.165) is 17.1 Å². The number of nitrogens with two attached hydrogens (primary N) is 1. The molecule has 0 bridgehead atoms. The quantitative estimate of drug-likeness (QED) is 0.813. The first-order valence-corrected chi connectivity index (χ1v) is 5.65. The zero-order valence-corrected chi connectivity index (χ0v) is 10.1. The molecule has 1 atom stereocenters. The van der Waals surface area contributed by atoms with Crippen molar-refractivity contribution in [3.05, 3.63) is 18.2 Å². The molecule has 0 aliphatic carbocycles. The van der Waals surface area contributed by atoms with Crippen molar-refractivity contribution in [2.75, 3.05) is 30.4 Å². The van der Waals surface area contributed by atoms with Crippen molar-refractivity contribution in [1.82, 2.24) is 0 Å². The van der Waals surface area contributed by atoms with E-state index in [0.29, 0.717) is 13.1 Å². The number of nitrogens with one attached hydrogen (secondary N) is 1. The van der Waals surface area contributed by atoms with Gasteiger partial charge in [0.15, 0.2) is 6.10 Å². The van der Waals surface area contributed by atoms with Crippen LogP contribution in [0.2, 0.25) is 0 Å². The van der Waals surface area contributed by atoms with E-state index in [4.69, 9.17) is 10.5 Å². The van der Waals surface area contributed by atoms with Gasteiger partial charge in [0.2, 0.25) is 0 Å². The van der Waals surface area contributed by atoms with E-state index in [1.54, 1.807) is 18.9 Å². The van der Waals surface area contributed by atoms with Gasteiger partial charge < -0.3 is 20.7 Å². The smallest absolute Gasteiger partial charge is 0.267 e. The van der Waals surface area contributed by atoms with E-state index in [2.05, 4.69) is 5.32 Å². The number of benzene rings is 1. The second kappa shape index (κ2) is 4.63. The lowest BCUT2D eigenvalue weighted by Crippen LogP contribution is -2.41. The minimum atomic E-state index is -0.421. The lowest BCUT2D eigenvalue weighted by molar-refractivity contribution is -0.125. The van der Waals surface area contributed by atoms with Crippen molar-refractivity contribution in [3.63, 3.8) is 0 Å². The average molecular weight is 235 g/mol. The summed E-state index contributed by atoms with van der Waals surface area (Å²) in [5, 5.41) is 3.17. The van der Waals surface area contributed by atoms with Crippen LogP contribution < -0.4 is 20.7 Å². The van der Waals surface area contributed by atoms with E-state index in [1.807, 2.05) is 18.2 Å². The summed E-state index contributed by atoms with van der Waals surface area (Å²) in [5.41, 5.74) is 7.15. The fraction of sp³-hybridized carbons (Fsp3) is 0.417. The molecule has 0 saturated carbocycles. The molecule has 92 valence electrons. The topological polar surface area (TPSA) is 67.6 Å². The molecule has 1 aromatic carbocycles. The van der Waals surface area contributed by atoms with Crippen molar-refractivity contribution in [1.29, 1.82) is 0 Å². The first kappa shape index (κ1) is 11.7.